The summed E-state index contributed by atoms with van der Waals surface area (Å²) in [5, 5.41) is 2.73. The number of anilines is 1. The Morgan fingerprint density at radius 2 is 1.60 bits per heavy atom. The molecule has 4 aromatic rings. The number of nitrogens with one attached hydrogen (secondary N) is 1. The molecule has 4 rings (SSSR count). The lowest BCUT2D eigenvalue weighted by Gasteiger charge is -2.16. The van der Waals surface area contributed by atoms with E-state index in [1.54, 1.807) is 18.2 Å². The summed E-state index contributed by atoms with van der Waals surface area (Å²) in [4.78, 5) is 21.2. The number of hydrogen-bond acceptors (Lipinski definition) is 3. The molecule has 2 aromatic carbocycles. The zero-order valence-corrected chi connectivity index (χ0v) is 18.7. The monoisotopic (exact) mass is 532 g/mol. The fraction of sp³-hybridized carbons (Fsp3) is 0.136. The van der Waals surface area contributed by atoms with E-state index in [1.807, 2.05) is 5.32 Å². The molecule has 5 nitrogen and oxygen atoms in total. The van der Waals surface area contributed by atoms with Gasteiger partial charge in [-0.25, -0.2) is 4.98 Å². The van der Waals surface area contributed by atoms with Gasteiger partial charge >= 0.3 is 12.4 Å². The summed E-state index contributed by atoms with van der Waals surface area (Å²) in [7, 11) is 0. The fourth-order valence-corrected chi connectivity index (χ4v) is 3.92. The van der Waals surface area contributed by atoms with Gasteiger partial charge < -0.3 is 9.88 Å². The first-order valence-corrected chi connectivity index (χ1v) is 10.4. The van der Waals surface area contributed by atoms with Crippen LogP contribution in [0.15, 0.2) is 55.0 Å². The van der Waals surface area contributed by atoms with Gasteiger partial charge in [0, 0.05) is 34.2 Å². The molecule has 0 spiro atoms. The minimum Gasteiger partial charge on any atom is -0.326 e. The van der Waals surface area contributed by atoms with Gasteiger partial charge in [0.2, 0.25) is 0 Å². The molecule has 0 radical (unpaired) electrons. The van der Waals surface area contributed by atoms with Crippen molar-refractivity contribution in [2.45, 2.75) is 18.9 Å². The standard InChI is InChI=1S/C22H12Cl2F6N4O/c23-15-2-1-3-16(24)12(15)9-34-10-13(18-19(34)32-7-6-31-18)20(35)33-17-5-4-11(21(25,26)27)8-14(17)22(28,29)30/h1-8,10H,9H2,(H,33,35). The molecule has 2 aromatic heterocycles. The maximum absolute atomic E-state index is 13.5. The Morgan fingerprint density at radius 3 is 2.23 bits per heavy atom. The maximum Gasteiger partial charge on any atom is 0.418 e. The average Bonchev–Trinajstić information content (AvgIpc) is 3.14. The summed E-state index contributed by atoms with van der Waals surface area (Å²) in [5.74, 6) is -1.02. The molecule has 0 unspecified atom stereocenters. The molecule has 0 aliphatic carbocycles. The van der Waals surface area contributed by atoms with Crippen molar-refractivity contribution in [3.63, 3.8) is 0 Å². The van der Waals surface area contributed by atoms with E-state index in [9.17, 15) is 31.1 Å². The van der Waals surface area contributed by atoms with Crippen LogP contribution in [0.2, 0.25) is 10.0 Å². The fourth-order valence-electron chi connectivity index (χ4n) is 3.40. The molecule has 13 heteroatoms. The largest absolute Gasteiger partial charge is 0.418 e. The van der Waals surface area contributed by atoms with Crippen LogP contribution in [0.25, 0.3) is 11.2 Å². The van der Waals surface area contributed by atoms with Crippen LogP contribution in [-0.4, -0.2) is 20.4 Å². The van der Waals surface area contributed by atoms with Crippen molar-refractivity contribution in [3.8, 4) is 0 Å². The zero-order chi connectivity index (χ0) is 25.5. The van der Waals surface area contributed by atoms with Crippen molar-refractivity contribution in [2.24, 2.45) is 0 Å². The van der Waals surface area contributed by atoms with Crippen LogP contribution >= 0.6 is 23.2 Å². The number of benzene rings is 2. The number of aromatic nitrogens is 3. The molecule has 0 saturated heterocycles. The molecule has 182 valence electrons. The lowest BCUT2D eigenvalue weighted by molar-refractivity contribution is -0.142. The van der Waals surface area contributed by atoms with Gasteiger partial charge in [0.15, 0.2) is 5.65 Å². The van der Waals surface area contributed by atoms with E-state index in [2.05, 4.69) is 9.97 Å². The van der Waals surface area contributed by atoms with E-state index in [4.69, 9.17) is 23.2 Å². The van der Waals surface area contributed by atoms with Crippen molar-refractivity contribution < 1.29 is 31.1 Å². The lowest BCUT2D eigenvalue weighted by atomic mass is 10.1. The lowest BCUT2D eigenvalue weighted by Crippen LogP contribution is -2.18. The minimum absolute atomic E-state index is 0.0574. The van der Waals surface area contributed by atoms with Crippen LogP contribution < -0.4 is 5.32 Å². The van der Waals surface area contributed by atoms with Crippen molar-refractivity contribution in [2.75, 3.05) is 5.32 Å². The van der Waals surface area contributed by atoms with Gasteiger partial charge in [-0.1, -0.05) is 29.3 Å². The van der Waals surface area contributed by atoms with E-state index < -0.39 is 35.1 Å². The summed E-state index contributed by atoms with van der Waals surface area (Å²) in [5.41, 5.74) is -3.34. The molecule has 0 aliphatic heterocycles. The van der Waals surface area contributed by atoms with Crippen LogP contribution in [0, 0.1) is 0 Å². The van der Waals surface area contributed by atoms with E-state index in [0.29, 0.717) is 27.7 Å². The first-order chi connectivity index (χ1) is 16.4. The molecule has 1 amide bonds. The normalized spacial score (nSPS) is 12.2. The van der Waals surface area contributed by atoms with Gasteiger partial charge in [-0.3, -0.25) is 9.78 Å². The molecule has 1 N–H and O–H groups in total. The van der Waals surface area contributed by atoms with Crippen LogP contribution in [0.5, 0.6) is 0 Å². The summed E-state index contributed by atoms with van der Waals surface area (Å²) in [6.07, 6.45) is -6.21. The van der Waals surface area contributed by atoms with E-state index in [1.165, 1.54) is 23.2 Å². The third-order valence-electron chi connectivity index (χ3n) is 5.03. The highest BCUT2D eigenvalue weighted by molar-refractivity contribution is 6.36. The van der Waals surface area contributed by atoms with Gasteiger partial charge in [-0.05, 0) is 30.3 Å². The van der Waals surface area contributed by atoms with Gasteiger partial charge in [0.25, 0.3) is 5.91 Å². The van der Waals surface area contributed by atoms with Gasteiger partial charge in [0.1, 0.15) is 5.52 Å². The Bertz CT molecular complexity index is 1410. The SMILES string of the molecule is O=C(Nc1ccc(C(F)(F)F)cc1C(F)(F)F)c1cn(Cc2c(Cl)cccc2Cl)c2nccnc12. The minimum atomic E-state index is -5.15. The number of halogens is 8. The van der Waals surface area contributed by atoms with Crippen molar-refractivity contribution in [1.82, 2.24) is 14.5 Å². The third-order valence-corrected chi connectivity index (χ3v) is 5.73. The maximum atomic E-state index is 13.5. The Kier molecular flexibility index (Phi) is 6.41. The number of fused-ring (bicyclic) bond motifs is 1. The van der Waals surface area contributed by atoms with Crippen LogP contribution in [0.3, 0.4) is 0 Å². The smallest absolute Gasteiger partial charge is 0.326 e. The number of hydrogen-bond donors (Lipinski definition) is 1. The third kappa shape index (κ3) is 5.06. The van der Waals surface area contributed by atoms with Gasteiger partial charge in [0.05, 0.1) is 28.9 Å². The molecule has 2 heterocycles. The molecular formula is C22H12Cl2F6N4O. The van der Waals surface area contributed by atoms with Gasteiger partial charge in [-0.15, -0.1) is 0 Å². The number of carbonyl (C=O) groups is 1. The van der Waals surface area contributed by atoms with Crippen LogP contribution in [0.1, 0.15) is 27.0 Å². The average molecular weight is 533 g/mol. The van der Waals surface area contributed by atoms with E-state index in [-0.39, 0.29) is 29.3 Å². The number of nitrogens with zero attached hydrogens (tertiary/aromatic N) is 3. The molecule has 0 bridgehead atoms. The van der Waals surface area contributed by atoms with Crippen molar-refractivity contribution in [1.29, 1.82) is 0 Å². The van der Waals surface area contributed by atoms with Gasteiger partial charge in [-0.2, -0.15) is 26.3 Å². The number of alkyl halides is 6. The second kappa shape index (κ2) is 9.04. The van der Waals surface area contributed by atoms with Crippen molar-refractivity contribution in [3.05, 3.63) is 87.3 Å². The highest BCUT2D eigenvalue weighted by Gasteiger charge is 2.38. The summed E-state index contributed by atoms with van der Waals surface area (Å²) < 4.78 is 80.7. The van der Waals surface area contributed by atoms with E-state index in [0.717, 1.165) is 0 Å². The van der Waals surface area contributed by atoms with Crippen molar-refractivity contribution >= 4 is 46.0 Å². The number of amides is 1. The Hall–Kier alpha value is -3.31. The molecular weight excluding hydrogens is 521 g/mol. The highest BCUT2D eigenvalue weighted by atomic mass is 35.5. The first-order valence-electron chi connectivity index (χ1n) is 9.69. The Morgan fingerprint density at radius 1 is 0.943 bits per heavy atom. The zero-order valence-electron chi connectivity index (χ0n) is 17.2. The van der Waals surface area contributed by atoms with Crippen LogP contribution in [-0.2, 0) is 18.9 Å². The van der Waals surface area contributed by atoms with Crippen LogP contribution in [0.4, 0.5) is 32.0 Å². The molecule has 0 aliphatic rings. The summed E-state index contributed by atoms with van der Waals surface area (Å²) >= 11 is 12.4. The Balaban J connectivity index is 1.74. The predicted octanol–water partition coefficient (Wildman–Crippen LogP) is 7.08. The number of carbonyl (C=O) groups excluding carboxylic acids is 1. The quantitative estimate of drug-likeness (QED) is 0.286. The summed E-state index contributed by atoms with van der Waals surface area (Å²) in [6.45, 7) is 0.0645. The number of rotatable bonds is 4. The predicted molar refractivity (Wildman–Crippen MR) is 117 cm³/mol. The Labute approximate surface area is 203 Å². The van der Waals surface area contributed by atoms with E-state index >= 15 is 0 Å². The summed E-state index contributed by atoms with van der Waals surface area (Å²) in [6, 6.07) is 5.81. The molecule has 0 fully saturated rings. The molecule has 0 saturated carbocycles. The topological polar surface area (TPSA) is 59.8 Å². The highest BCUT2D eigenvalue weighted by Crippen LogP contribution is 2.39. The second-order valence-corrected chi connectivity index (χ2v) is 8.12. The second-order valence-electron chi connectivity index (χ2n) is 7.31. The molecule has 35 heavy (non-hydrogen) atoms. The molecule has 0 atom stereocenters. The first kappa shape index (κ1) is 24.8.